The Balaban J connectivity index is 2.27. The zero-order valence-electron chi connectivity index (χ0n) is 10.0. The van der Waals surface area contributed by atoms with Crippen LogP contribution >= 0.6 is 0 Å². The van der Waals surface area contributed by atoms with Crippen LogP contribution in [0.4, 0.5) is 5.95 Å². The van der Waals surface area contributed by atoms with E-state index in [1.165, 1.54) is 19.3 Å². The Morgan fingerprint density at radius 3 is 2.71 bits per heavy atom. The van der Waals surface area contributed by atoms with E-state index in [0.29, 0.717) is 17.8 Å². The Labute approximate surface area is 100 Å². The van der Waals surface area contributed by atoms with Crippen LogP contribution in [0.2, 0.25) is 0 Å². The smallest absolute Gasteiger partial charge is 0.311 e. The summed E-state index contributed by atoms with van der Waals surface area (Å²) in [6, 6.07) is 0.343. The van der Waals surface area contributed by atoms with Crippen LogP contribution in [0.3, 0.4) is 0 Å². The second kappa shape index (κ2) is 5.16. The van der Waals surface area contributed by atoms with Gasteiger partial charge in [0, 0.05) is 13.1 Å². The molecule has 17 heavy (non-hydrogen) atoms. The average Bonchev–Trinajstić information content (AvgIpc) is 2.72. The number of nitrogens with zero attached hydrogens (tertiary/aromatic N) is 3. The summed E-state index contributed by atoms with van der Waals surface area (Å²) >= 11 is 0. The fourth-order valence-electron chi connectivity index (χ4n) is 2.47. The molecule has 1 saturated carbocycles. The van der Waals surface area contributed by atoms with Crippen LogP contribution in [0.5, 0.6) is 0 Å². The maximum atomic E-state index is 10.8. The summed E-state index contributed by atoms with van der Waals surface area (Å²) in [6.07, 6.45) is 5.75. The van der Waals surface area contributed by atoms with E-state index < -0.39 is 5.97 Å². The quantitative estimate of drug-likeness (QED) is 0.830. The van der Waals surface area contributed by atoms with Crippen molar-refractivity contribution >= 4 is 11.9 Å². The first-order valence-electron chi connectivity index (χ1n) is 6.05. The van der Waals surface area contributed by atoms with Gasteiger partial charge in [0.1, 0.15) is 12.2 Å². The van der Waals surface area contributed by atoms with Crippen LogP contribution in [0, 0.1) is 0 Å². The number of carboxylic acid groups (broad SMARTS) is 1. The molecule has 2 N–H and O–H groups in total. The first-order valence-corrected chi connectivity index (χ1v) is 6.05. The first kappa shape index (κ1) is 11.9. The van der Waals surface area contributed by atoms with E-state index in [-0.39, 0.29) is 6.42 Å². The molecule has 0 aliphatic heterocycles. The highest BCUT2D eigenvalue weighted by molar-refractivity contribution is 5.69. The number of nitrogens with one attached hydrogen (secondary N) is 1. The van der Waals surface area contributed by atoms with Gasteiger partial charge in [0.05, 0.1) is 0 Å². The molecule has 0 aromatic carbocycles. The molecule has 2 rings (SSSR count). The highest BCUT2D eigenvalue weighted by atomic mass is 16.4. The topological polar surface area (TPSA) is 80.0 Å². The van der Waals surface area contributed by atoms with Crippen LogP contribution in [-0.4, -0.2) is 32.9 Å². The number of hydrogen-bond acceptors (Lipinski definition) is 4. The molecular weight excluding hydrogens is 220 g/mol. The van der Waals surface area contributed by atoms with Crippen molar-refractivity contribution in [1.82, 2.24) is 14.8 Å². The SMILES string of the molecule is CNc1nnc(CC(=O)O)n1C1CCCCC1. The standard InChI is InChI=1S/C11H18N4O2/c1-12-11-14-13-9(7-10(16)17)15(11)8-5-3-2-4-6-8/h8H,2-7H2,1H3,(H,12,14)(H,16,17). The zero-order valence-corrected chi connectivity index (χ0v) is 10.0. The van der Waals surface area contributed by atoms with Gasteiger partial charge in [-0.25, -0.2) is 0 Å². The van der Waals surface area contributed by atoms with Crippen LogP contribution < -0.4 is 5.32 Å². The lowest BCUT2D eigenvalue weighted by molar-refractivity contribution is -0.136. The van der Waals surface area contributed by atoms with Crippen molar-refractivity contribution < 1.29 is 9.90 Å². The zero-order chi connectivity index (χ0) is 12.3. The fourth-order valence-corrected chi connectivity index (χ4v) is 2.47. The van der Waals surface area contributed by atoms with Gasteiger partial charge in [-0.1, -0.05) is 19.3 Å². The minimum atomic E-state index is -0.864. The average molecular weight is 238 g/mol. The van der Waals surface area contributed by atoms with Crippen LogP contribution in [0.15, 0.2) is 0 Å². The normalized spacial score (nSPS) is 17.0. The molecule has 0 unspecified atom stereocenters. The van der Waals surface area contributed by atoms with Crippen molar-refractivity contribution in [3.05, 3.63) is 5.82 Å². The maximum Gasteiger partial charge on any atom is 0.311 e. The fraction of sp³-hybridized carbons (Fsp3) is 0.727. The van der Waals surface area contributed by atoms with Gasteiger partial charge in [-0.3, -0.25) is 9.36 Å². The minimum Gasteiger partial charge on any atom is -0.481 e. The third-order valence-corrected chi connectivity index (χ3v) is 3.24. The van der Waals surface area contributed by atoms with Gasteiger partial charge in [-0.05, 0) is 12.8 Å². The molecule has 94 valence electrons. The van der Waals surface area contributed by atoms with Gasteiger partial charge < -0.3 is 10.4 Å². The Kier molecular flexibility index (Phi) is 3.61. The van der Waals surface area contributed by atoms with E-state index in [9.17, 15) is 4.79 Å². The molecule has 0 saturated heterocycles. The second-order valence-corrected chi connectivity index (χ2v) is 4.42. The molecule has 0 amide bonds. The molecule has 6 nitrogen and oxygen atoms in total. The van der Waals surface area contributed by atoms with Crippen molar-refractivity contribution in [2.24, 2.45) is 0 Å². The van der Waals surface area contributed by atoms with Gasteiger partial charge in [0.15, 0.2) is 0 Å². The van der Waals surface area contributed by atoms with E-state index in [1.54, 1.807) is 7.05 Å². The van der Waals surface area contributed by atoms with Gasteiger partial charge in [-0.2, -0.15) is 0 Å². The summed E-state index contributed by atoms with van der Waals surface area (Å²) < 4.78 is 1.97. The van der Waals surface area contributed by atoms with E-state index in [2.05, 4.69) is 15.5 Å². The largest absolute Gasteiger partial charge is 0.481 e. The van der Waals surface area contributed by atoms with E-state index in [1.807, 2.05) is 4.57 Å². The molecule has 0 bridgehead atoms. The summed E-state index contributed by atoms with van der Waals surface area (Å²) in [6.45, 7) is 0. The predicted octanol–water partition coefficient (Wildman–Crippen LogP) is 1.45. The van der Waals surface area contributed by atoms with Crippen molar-refractivity contribution in [3.63, 3.8) is 0 Å². The number of anilines is 1. The van der Waals surface area contributed by atoms with E-state index >= 15 is 0 Å². The monoisotopic (exact) mass is 238 g/mol. The summed E-state index contributed by atoms with van der Waals surface area (Å²) in [4.78, 5) is 10.8. The Morgan fingerprint density at radius 2 is 2.12 bits per heavy atom. The van der Waals surface area contributed by atoms with Crippen molar-refractivity contribution in [3.8, 4) is 0 Å². The van der Waals surface area contributed by atoms with Crippen LogP contribution in [0.25, 0.3) is 0 Å². The number of aromatic nitrogens is 3. The highest BCUT2D eigenvalue weighted by Crippen LogP contribution is 2.31. The van der Waals surface area contributed by atoms with Crippen molar-refractivity contribution in [2.75, 3.05) is 12.4 Å². The number of rotatable bonds is 4. The summed E-state index contributed by atoms with van der Waals surface area (Å²) in [5.74, 6) is 0.360. The van der Waals surface area contributed by atoms with Gasteiger partial charge >= 0.3 is 5.97 Å². The number of carboxylic acids is 1. The Bertz CT molecular complexity index is 396. The molecule has 1 heterocycles. The Hall–Kier alpha value is -1.59. The van der Waals surface area contributed by atoms with Crippen molar-refractivity contribution in [2.45, 2.75) is 44.6 Å². The molecule has 1 aromatic rings. The van der Waals surface area contributed by atoms with Crippen molar-refractivity contribution in [1.29, 1.82) is 0 Å². The molecule has 1 aliphatic rings. The highest BCUT2D eigenvalue weighted by Gasteiger charge is 2.23. The van der Waals surface area contributed by atoms with Crippen LogP contribution in [-0.2, 0) is 11.2 Å². The van der Waals surface area contributed by atoms with Gasteiger partial charge in [0.2, 0.25) is 5.95 Å². The second-order valence-electron chi connectivity index (χ2n) is 4.42. The van der Waals surface area contributed by atoms with Gasteiger partial charge in [0.25, 0.3) is 0 Å². The first-order chi connectivity index (χ1) is 8.22. The maximum absolute atomic E-state index is 10.8. The molecule has 0 spiro atoms. The number of hydrogen-bond donors (Lipinski definition) is 2. The summed E-state index contributed by atoms with van der Waals surface area (Å²) in [5.41, 5.74) is 0. The third kappa shape index (κ3) is 2.57. The predicted molar refractivity (Wildman–Crippen MR) is 63.0 cm³/mol. The lowest BCUT2D eigenvalue weighted by Crippen LogP contribution is -2.19. The lowest BCUT2D eigenvalue weighted by Gasteiger charge is -2.25. The Morgan fingerprint density at radius 1 is 1.41 bits per heavy atom. The minimum absolute atomic E-state index is 0.0643. The van der Waals surface area contributed by atoms with E-state index in [4.69, 9.17) is 5.11 Å². The molecule has 0 radical (unpaired) electrons. The number of aliphatic carboxylic acids is 1. The molecule has 1 fully saturated rings. The van der Waals surface area contributed by atoms with Gasteiger partial charge in [-0.15, -0.1) is 10.2 Å². The number of carbonyl (C=O) groups is 1. The summed E-state index contributed by atoms with van der Waals surface area (Å²) in [5, 5.41) is 19.8. The lowest BCUT2D eigenvalue weighted by atomic mass is 9.95. The molecule has 6 heteroatoms. The summed E-state index contributed by atoms with van der Waals surface area (Å²) in [7, 11) is 1.79. The molecule has 1 aromatic heterocycles. The molecule has 0 atom stereocenters. The van der Waals surface area contributed by atoms with E-state index in [0.717, 1.165) is 12.8 Å². The molecular formula is C11H18N4O2. The molecule has 1 aliphatic carbocycles. The van der Waals surface area contributed by atoms with Crippen LogP contribution in [0.1, 0.15) is 44.0 Å². The third-order valence-electron chi connectivity index (χ3n) is 3.24.